The summed E-state index contributed by atoms with van der Waals surface area (Å²) in [5.41, 5.74) is 0.424. The van der Waals surface area contributed by atoms with Crippen LogP contribution in [0.4, 0.5) is 28.9 Å². The van der Waals surface area contributed by atoms with E-state index in [0.29, 0.717) is 16.5 Å². The summed E-state index contributed by atoms with van der Waals surface area (Å²) in [7, 11) is -4.56. The highest BCUT2D eigenvalue weighted by atomic mass is 79.9. The molecule has 36 heavy (non-hydrogen) atoms. The summed E-state index contributed by atoms with van der Waals surface area (Å²) in [6.45, 7) is 0. The van der Waals surface area contributed by atoms with Crippen LogP contribution in [-0.2, 0) is 16.4 Å². The van der Waals surface area contributed by atoms with Gasteiger partial charge in [0.15, 0.2) is 4.90 Å². The van der Waals surface area contributed by atoms with Crippen LogP contribution in [0.2, 0.25) is 0 Å². The fraction of sp³-hybridized carbons (Fsp3) is 0.217. The van der Waals surface area contributed by atoms with Crippen LogP contribution in [0.3, 0.4) is 0 Å². The quantitative estimate of drug-likeness (QED) is 0.179. The van der Waals surface area contributed by atoms with E-state index in [1.54, 1.807) is 12.1 Å². The van der Waals surface area contributed by atoms with Gasteiger partial charge in [0, 0.05) is 10.5 Å². The molecule has 1 aliphatic heterocycles. The van der Waals surface area contributed by atoms with Crippen LogP contribution in [0.15, 0.2) is 76.1 Å². The number of rotatable bonds is 7. The average Bonchev–Trinajstić information content (AvgIpc) is 2.83. The molecule has 3 aromatic rings. The van der Waals surface area contributed by atoms with E-state index in [1.807, 2.05) is 0 Å². The zero-order chi connectivity index (χ0) is 26.3. The lowest BCUT2D eigenvalue weighted by atomic mass is 9.93. The molecule has 1 heterocycles. The smallest absolute Gasteiger partial charge is 0.428 e. The minimum atomic E-state index is -4.75. The Morgan fingerprint density at radius 1 is 1.08 bits per heavy atom. The molecule has 0 saturated heterocycles. The Kier molecular flexibility index (Phi) is 6.97. The van der Waals surface area contributed by atoms with Crippen molar-refractivity contribution >= 4 is 37.3 Å². The van der Waals surface area contributed by atoms with Crippen molar-refractivity contribution in [2.24, 2.45) is 0 Å². The van der Waals surface area contributed by atoms with Gasteiger partial charge in [-0.05, 0) is 54.3 Å². The zero-order valence-corrected chi connectivity index (χ0v) is 20.6. The first kappa shape index (κ1) is 25.9. The van der Waals surface area contributed by atoms with Gasteiger partial charge in [-0.15, -0.1) is 0 Å². The average molecular weight is 589 g/mol. The molecule has 1 atom stereocenters. The second-order valence-electron chi connectivity index (χ2n) is 7.85. The largest absolute Gasteiger partial charge is 0.461 e. The van der Waals surface area contributed by atoms with E-state index in [-0.39, 0.29) is 17.7 Å². The summed E-state index contributed by atoms with van der Waals surface area (Å²) in [6, 6.07) is 13.5. The molecule has 190 valence electrons. The molecule has 0 N–H and O–H groups in total. The zero-order valence-electron chi connectivity index (χ0n) is 18.2. The fourth-order valence-corrected chi connectivity index (χ4v) is 6.50. The number of benzene rings is 3. The van der Waals surface area contributed by atoms with Gasteiger partial charge in [0.25, 0.3) is 15.7 Å². The van der Waals surface area contributed by atoms with Gasteiger partial charge in [-0.1, -0.05) is 46.3 Å². The predicted octanol–water partition coefficient (Wildman–Crippen LogP) is 6.48. The van der Waals surface area contributed by atoms with E-state index in [9.17, 15) is 36.1 Å². The van der Waals surface area contributed by atoms with Gasteiger partial charge in [0.1, 0.15) is 5.75 Å². The molecule has 0 aliphatic carbocycles. The maximum Gasteiger partial charge on any atom is 0.461 e. The maximum atomic E-state index is 13.9. The molecule has 13 heteroatoms. The van der Waals surface area contributed by atoms with E-state index in [4.69, 9.17) is 0 Å². The maximum absolute atomic E-state index is 13.9. The third kappa shape index (κ3) is 4.76. The van der Waals surface area contributed by atoms with E-state index in [0.717, 1.165) is 28.6 Å². The van der Waals surface area contributed by atoms with Crippen molar-refractivity contribution in [2.45, 2.75) is 36.3 Å². The molecule has 4 rings (SSSR count). The van der Waals surface area contributed by atoms with Crippen molar-refractivity contribution in [3.05, 3.63) is 92.4 Å². The topological polar surface area (TPSA) is 89.8 Å². The number of anilines is 1. The Morgan fingerprint density at radius 3 is 2.47 bits per heavy atom. The van der Waals surface area contributed by atoms with Crippen LogP contribution in [0.25, 0.3) is 0 Å². The minimum Gasteiger partial charge on any atom is -0.428 e. The highest BCUT2D eigenvalue weighted by Gasteiger charge is 2.44. The van der Waals surface area contributed by atoms with Crippen molar-refractivity contribution in [3.63, 3.8) is 0 Å². The lowest BCUT2D eigenvalue weighted by Gasteiger charge is -2.38. The van der Waals surface area contributed by atoms with Crippen LogP contribution in [0, 0.1) is 10.1 Å². The van der Waals surface area contributed by atoms with Gasteiger partial charge in [-0.2, -0.15) is 17.6 Å². The van der Waals surface area contributed by atoms with Crippen LogP contribution < -0.4 is 9.04 Å². The number of ether oxygens (including phenoxy) is 1. The Balaban J connectivity index is 1.88. The number of hydrogen-bond acceptors (Lipinski definition) is 5. The number of nitro groups is 1. The van der Waals surface area contributed by atoms with E-state index >= 15 is 0 Å². The molecule has 0 saturated carbocycles. The predicted molar refractivity (Wildman–Crippen MR) is 126 cm³/mol. The summed E-state index contributed by atoms with van der Waals surface area (Å²) in [5, 5.41) is 11.6. The van der Waals surface area contributed by atoms with Crippen molar-refractivity contribution in [1.82, 2.24) is 0 Å². The molecule has 0 amide bonds. The van der Waals surface area contributed by atoms with Crippen molar-refractivity contribution in [1.29, 1.82) is 0 Å². The molecule has 7 nitrogen and oxygen atoms in total. The fourth-order valence-electron chi connectivity index (χ4n) is 4.09. The van der Waals surface area contributed by atoms with Crippen molar-refractivity contribution in [3.8, 4) is 5.75 Å². The van der Waals surface area contributed by atoms with Gasteiger partial charge >= 0.3 is 12.5 Å². The van der Waals surface area contributed by atoms with E-state index in [1.165, 1.54) is 30.3 Å². The van der Waals surface area contributed by atoms with Crippen LogP contribution in [-0.4, -0.2) is 25.9 Å². The van der Waals surface area contributed by atoms with Gasteiger partial charge in [0.2, 0.25) is 0 Å². The first-order valence-corrected chi connectivity index (χ1v) is 12.7. The first-order valence-electron chi connectivity index (χ1n) is 10.4. The lowest BCUT2D eigenvalue weighted by Crippen LogP contribution is -2.39. The summed E-state index contributed by atoms with van der Waals surface area (Å²) < 4.78 is 86.0. The Morgan fingerprint density at radius 2 is 1.78 bits per heavy atom. The number of alkyl halides is 4. The highest BCUT2D eigenvalue weighted by molar-refractivity contribution is 9.10. The number of hydrogen-bond donors (Lipinski definition) is 0. The molecule has 1 aliphatic rings. The van der Waals surface area contributed by atoms with Gasteiger partial charge in [0.05, 0.1) is 16.7 Å². The number of halogens is 5. The number of nitro benzene ring substituents is 1. The Labute approximate surface area is 211 Å². The molecular formula is C23H17BrF4N2O5S. The lowest BCUT2D eigenvalue weighted by molar-refractivity contribution is -0.387. The first-order chi connectivity index (χ1) is 16.9. The minimum absolute atomic E-state index is 0.171. The second-order valence-corrected chi connectivity index (χ2v) is 10.5. The van der Waals surface area contributed by atoms with Crippen LogP contribution >= 0.6 is 15.9 Å². The molecule has 0 bridgehead atoms. The number of nitrogens with zero attached hydrogens (tertiary/aromatic N) is 2. The highest BCUT2D eigenvalue weighted by Crippen LogP contribution is 2.46. The molecule has 0 radical (unpaired) electrons. The summed E-state index contributed by atoms with van der Waals surface area (Å²) >= 11 is 3.40. The molecular weight excluding hydrogens is 572 g/mol. The molecule has 0 aromatic heterocycles. The van der Waals surface area contributed by atoms with Gasteiger partial charge in [-0.25, -0.2) is 8.42 Å². The summed E-state index contributed by atoms with van der Waals surface area (Å²) in [5.74, 6) is -0.583. The van der Waals surface area contributed by atoms with Crippen LogP contribution in [0.5, 0.6) is 5.75 Å². The standard InChI is InChI=1S/C23H17BrF4N2O5S/c24-17-7-4-9-19-16(17)11-12-18(14-5-3-6-15(13-14)35-23(27,28)22(25)26)29(19)36(33,34)21-10-2-1-8-20(21)30(31)32/h1-10,13,18,22H,11-12H2/t18-/m0/s1. The van der Waals surface area contributed by atoms with Gasteiger partial charge < -0.3 is 4.74 Å². The second kappa shape index (κ2) is 9.69. The van der Waals surface area contributed by atoms with E-state index < -0.39 is 49.9 Å². The number of sulfonamides is 1. The van der Waals surface area contributed by atoms with Crippen molar-refractivity contribution < 1.29 is 35.6 Å². The Bertz CT molecular complexity index is 1420. The molecule has 0 fully saturated rings. The molecule has 0 spiro atoms. The summed E-state index contributed by atoms with van der Waals surface area (Å²) in [6.07, 6.45) is -8.28. The monoisotopic (exact) mass is 588 g/mol. The van der Waals surface area contributed by atoms with Gasteiger partial charge in [-0.3, -0.25) is 14.4 Å². The van der Waals surface area contributed by atoms with Crippen molar-refractivity contribution in [2.75, 3.05) is 4.31 Å². The summed E-state index contributed by atoms with van der Waals surface area (Å²) in [4.78, 5) is 10.2. The van der Waals surface area contributed by atoms with Crippen LogP contribution in [0.1, 0.15) is 23.6 Å². The third-order valence-corrected chi connectivity index (χ3v) is 8.25. The van der Waals surface area contributed by atoms with E-state index in [2.05, 4.69) is 20.7 Å². The molecule has 3 aromatic carbocycles. The SMILES string of the molecule is O=[N+]([O-])c1ccccc1S(=O)(=O)N1c2cccc(Br)c2CC[C@H]1c1cccc(OC(F)(F)C(F)F)c1. The Hall–Kier alpha value is -3.19. The normalized spacial score (nSPS) is 16.1. The molecule has 0 unspecified atom stereocenters. The number of para-hydroxylation sites is 1. The number of fused-ring (bicyclic) bond motifs is 1. The third-order valence-electron chi connectivity index (χ3n) is 5.63.